The predicted molar refractivity (Wildman–Crippen MR) is 83.7 cm³/mol. The number of ether oxygens (including phenoxy) is 1. The molecule has 0 amide bonds. The summed E-state index contributed by atoms with van der Waals surface area (Å²) in [7, 11) is 0. The van der Waals surface area contributed by atoms with Gasteiger partial charge in [0.25, 0.3) is 0 Å². The minimum atomic E-state index is 0.779. The first-order valence-electron chi connectivity index (χ1n) is 6.89. The van der Waals surface area contributed by atoms with Crippen LogP contribution in [0.4, 0.5) is 11.4 Å². The number of nitrogens with zero attached hydrogens (tertiary/aromatic N) is 2. The highest BCUT2D eigenvalue weighted by Gasteiger charge is 2.10. The molecular weight excluding hydrogens is 270 g/mol. The molecule has 4 nitrogen and oxygen atoms in total. The van der Waals surface area contributed by atoms with Gasteiger partial charge in [-0.05, 0) is 31.2 Å². The van der Waals surface area contributed by atoms with Gasteiger partial charge >= 0.3 is 0 Å². The molecule has 106 valence electrons. The minimum Gasteiger partial charge on any atom is -0.379 e. The maximum Gasteiger partial charge on any atom is 0.0898 e. The molecule has 2 aromatic rings. The molecular formula is C15H19N3OS. The van der Waals surface area contributed by atoms with Crippen molar-refractivity contribution in [2.75, 3.05) is 36.5 Å². The fourth-order valence-electron chi connectivity index (χ4n) is 2.29. The van der Waals surface area contributed by atoms with E-state index in [0.717, 1.165) is 49.2 Å². The quantitative estimate of drug-likeness (QED) is 0.939. The monoisotopic (exact) mass is 289 g/mol. The Kier molecular flexibility index (Phi) is 4.18. The Morgan fingerprint density at radius 1 is 1.25 bits per heavy atom. The molecule has 0 bridgehead atoms. The number of nitrogens with one attached hydrogen (secondary N) is 1. The topological polar surface area (TPSA) is 37.4 Å². The highest BCUT2D eigenvalue weighted by atomic mass is 32.1. The molecule has 0 atom stereocenters. The van der Waals surface area contributed by atoms with Gasteiger partial charge in [-0.15, -0.1) is 11.3 Å². The van der Waals surface area contributed by atoms with Crippen LogP contribution >= 0.6 is 11.3 Å². The largest absolute Gasteiger partial charge is 0.379 e. The molecule has 1 aromatic carbocycles. The van der Waals surface area contributed by atoms with Gasteiger partial charge in [-0.1, -0.05) is 0 Å². The van der Waals surface area contributed by atoms with E-state index in [1.807, 2.05) is 6.92 Å². The van der Waals surface area contributed by atoms with Gasteiger partial charge in [0.05, 0.1) is 30.5 Å². The Morgan fingerprint density at radius 3 is 2.65 bits per heavy atom. The first-order valence-corrected chi connectivity index (χ1v) is 7.77. The predicted octanol–water partition coefficient (Wildman–Crippen LogP) is 2.90. The van der Waals surface area contributed by atoms with Crippen LogP contribution < -0.4 is 10.2 Å². The standard InChI is InChI=1S/C15H19N3OS/c1-12-17-14(11-20-12)10-16-13-2-4-15(5-3-13)18-6-8-19-9-7-18/h2-5,11,16H,6-10H2,1H3. The number of morpholine rings is 1. The van der Waals surface area contributed by atoms with Crippen LogP contribution in [0.2, 0.25) is 0 Å². The van der Waals surface area contributed by atoms with Crippen molar-refractivity contribution >= 4 is 22.7 Å². The second-order valence-corrected chi connectivity index (χ2v) is 5.92. The normalized spacial score (nSPS) is 15.3. The first kappa shape index (κ1) is 13.4. The van der Waals surface area contributed by atoms with E-state index in [2.05, 4.69) is 44.8 Å². The zero-order valence-corrected chi connectivity index (χ0v) is 12.4. The van der Waals surface area contributed by atoms with Gasteiger partial charge in [0.1, 0.15) is 0 Å². The lowest BCUT2D eigenvalue weighted by Crippen LogP contribution is -2.36. The van der Waals surface area contributed by atoms with Crippen LogP contribution in [0.1, 0.15) is 10.7 Å². The fraction of sp³-hybridized carbons (Fsp3) is 0.400. The smallest absolute Gasteiger partial charge is 0.0898 e. The van der Waals surface area contributed by atoms with Crippen molar-refractivity contribution in [1.82, 2.24) is 4.98 Å². The van der Waals surface area contributed by atoms with E-state index in [-0.39, 0.29) is 0 Å². The third kappa shape index (κ3) is 3.29. The first-order chi connectivity index (χ1) is 9.81. The van der Waals surface area contributed by atoms with E-state index in [0.29, 0.717) is 0 Å². The Hall–Kier alpha value is -1.59. The Bertz CT molecular complexity index is 547. The van der Waals surface area contributed by atoms with Crippen molar-refractivity contribution in [3.8, 4) is 0 Å². The molecule has 0 saturated carbocycles. The lowest BCUT2D eigenvalue weighted by atomic mass is 10.2. The molecule has 2 heterocycles. The number of benzene rings is 1. The van der Waals surface area contributed by atoms with Crippen molar-refractivity contribution in [1.29, 1.82) is 0 Å². The van der Waals surface area contributed by atoms with Crippen LogP contribution in [-0.2, 0) is 11.3 Å². The SMILES string of the molecule is Cc1nc(CNc2ccc(N3CCOCC3)cc2)cs1. The zero-order chi connectivity index (χ0) is 13.8. The molecule has 0 unspecified atom stereocenters. The summed E-state index contributed by atoms with van der Waals surface area (Å²) >= 11 is 1.69. The third-order valence-electron chi connectivity index (χ3n) is 3.38. The molecule has 1 aliphatic heterocycles. The molecule has 1 aromatic heterocycles. The van der Waals surface area contributed by atoms with Crippen LogP contribution in [0.15, 0.2) is 29.6 Å². The summed E-state index contributed by atoms with van der Waals surface area (Å²) in [6.45, 7) is 6.41. The summed E-state index contributed by atoms with van der Waals surface area (Å²) in [6.07, 6.45) is 0. The van der Waals surface area contributed by atoms with Gasteiger partial charge < -0.3 is 15.0 Å². The van der Waals surface area contributed by atoms with Crippen molar-refractivity contribution < 1.29 is 4.74 Å². The highest BCUT2D eigenvalue weighted by Crippen LogP contribution is 2.19. The van der Waals surface area contributed by atoms with E-state index < -0.39 is 0 Å². The number of hydrogen-bond acceptors (Lipinski definition) is 5. The average Bonchev–Trinajstić information content (AvgIpc) is 2.92. The van der Waals surface area contributed by atoms with Crippen LogP contribution in [0.5, 0.6) is 0 Å². The van der Waals surface area contributed by atoms with Crippen molar-refractivity contribution in [2.24, 2.45) is 0 Å². The number of aryl methyl sites for hydroxylation is 1. The van der Waals surface area contributed by atoms with Gasteiger partial charge in [-0.3, -0.25) is 0 Å². The summed E-state index contributed by atoms with van der Waals surface area (Å²) < 4.78 is 5.37. The number of rotatable bonds is 4. The molecule has 1 saturated heterocycles. The Morgan fingerprint density at radius 2 is 2.00 bits per heavy atom. The van der Waals surface area contributed by atoms with E-state index in [1.54, 1.807) is 11.3 Å². The van der Waals surface area contributed by atoms with Crippen molar-refractivity contribution in [3.05, 3.63) is 40.3 Å². The molecule has 1 N–H and O–H groups in total. The van der Waals surface area contributed by atoms with Gasteiger partial charge in [0.15, 0.2) is 0 Å². The molecule has 0 spiro atoms. The van der Waals surface area contributed by atoms with Crippen LogP contribution in [0.25, 0.3) is 0 Å². The number of aromatic nitrogens is 1. The summed E-state index contributed by atoms with van der Waals surface area (Å²) in [4.78, 5) is 6.81. The molecule has 1 fully saturated rings. The third-order valence-corrected chi connectivity index (χ3v) is 4.21. The zero-order valence-electron chi connectivity index (χ0n) is 11.6. The van der Waals surface area contributed by atoms with Crippen LogP contribution in [0.3, 0.4) is 0 Å². The average molecular weight is 289 g/mol. The van der Waals surface area contributed by atoms with Gasteiger partial charge in [-0.25, -0.2) is 4.98 Å². The Labute approximate surface area is 123 Å². The lowest BCUT2D eigenvalue weighted by Gasteiger charge is -2.28. The second-order valence-electron chi connectivity index (χ2n) is 4.86. The van der Waals surface area contributed by atoms with Crippen molar-refractivity contribution in [2.45, 2.75) is 13.5 Å². The maximum absolute atomic E-state index is 5.37. The van der Waals surface area contributed by atoms with Crippen LogP contribution in [0, 0.1) is 6.92 Å². The minimum absolute atomic E-state index is 0.779. The molecule has 1 aliphatic rings. The lowest BCUT2D eigenvalue weighted by molar-refractivity contribution is 0.122. The van der Waals surface area contributed by atoms with E-state index in [1.165, 1.54) is 5.69 Å². The molecule has 0 radical (unpaired) electrons. The number of thiazole rings is 1. The van der Waals surface area contributed by atoms with Gasteiger partial charge in [-0.2, -0.15) is 0 Å². The Balaban J connectivity index is 1.58. The van der Waals surface area contributed by atoms with E-state index in [4.69, 9.17) is 4.74 Å². The number of hydrogen-bond donors (Lipinski definition) is 1. The molecule has 3 rings (SSSR count). The molecule has 5 heteroatoms. The fourth-order valence-corrected chi connectivity index (χ4v) is 2.91. The van der Waals surface area contributed by atoms with Gasteiger partial charge in [0, 0.05) is 29.8 Å². The van der Waals surface area contributed by atoms with Crippen molar-refractivity contribution in [3.63, 3.8) is 0 Å². The maximum atomic E-state index is 5.37. The second kappa shape index (κ2) is 6.24. The summed E-state index contributed by atoms with van der Waals surface area (Å²) in [5.41, 5.74) is 3.50. The number of anilines is 2. The molecule has 0 aliphatic carbocycles. The van der Waals surface area contributed by atoms with E-state index in [9.17, 15) is 0 Å². The van der Waals surface area contributed by atoms with Gasteiger partial charge in [0.2, 0.25) is 0 Å². The summed E-state index contributed by atoms with van der Waals surface area (Å²) in [6, 6.07) is 8.59. The summed E-state index contributed by atoms with van der Waals surface area (Å²) in [5, 5.41) is 6.62. The van der Waals surface area contributed by atoms with E-state index >= 15 is 0 Å². The highest BCUT2D eigenvalue weighted by molar-refractivity contribution is 7.09. The molecule has 20 heavy (non-hydrogen) atoms. The summed E-state index contributed by atoms with van der Waals surface area (Å²) in [5.74, 6) is 0. The van der Waals surface area contributed by atoms with Crippen LogP contribution in [-0.4, -0.2) is 31.3 Å².